The summed E-state index contributed by atoms with van der Waals surface area (Å²) in [6.45, 7) is 13.9. The van der Waals surface area contributed by atoms with Crippen LogP contribution in [0.25, 0.3) is 98.8 Å². The number of fused-ring (bicyclic) bond motifs is 6. The first kappa shape index (κ1) is 62.6. The molecule has 10 rings (SSSR count). The molecule has 0 atom stereocenters. The standard InChI is InChI=1S/C84H100OS/c1-7-11-15-19-23-27-33-66-55-76(68(51-62(66)6)34-28-24-20-16-12-8-2)72-52-71(67-49-50-83-79(56-67)80-59-78-74-37-31-32-38-81(74)85-82(78)60-84(80)86-83)53-73(54-72)77-58-69(35-29-25-21-17-13-9-3)75(57-70(77)36-30-26-22-18-14-10-4)65-47-45-64(46-48-65)44-43-63-41-39-61(5)40-42-63/h31-32,37-60H,7-30,33-36H2,1-6H3/b44-43+. The second-order valence-corrected chi connectivity index (χ2v) is 26.7. The molecule has 0 radical (unpaired) electrons. The second kappa shape index (κ2) is 32.0. The maximum atomic E-state index is 6.45. The maximum Gasteiger partial charge on any atom is 0.136 e. The molecular weight excluding hydrogens is 1060 g/mol. The van der Waals surface area contributed by atoms with E-state index in [1.54, 1.807) is 0 Å². The van der Waals surface area contributed by atoms with Crippen molar-refractivity contribution in [2.24, 2.45) is 0 Å². The van der Waals surface area contributed by atoms with Crippen LogP contribution in [0.2, 0.25) is 0 Å². The molecule has 10 aromatic rings. The van der Waals surface area contributed by atoms with Crippen molar-refractivity contribution in [2.75, 3.05) is 0 Å². The lowest BCUT2D eigenvalue weighted by molar-refractivity contribution is 0.605. The zero-order chi connectivity index (χ0) is 59.5. The fourth-order valence-corrected chi connectivity index (χ4v) is 14.6. The largest absolute Gasteiger partial charge is 0.456 e. The van der Waals surface area contributed by atoms with Crippen LogP contribution in [0.4, 0.5) is 0 Å². The van der Waals surface area contributed by atoms with E-state index in [0.717, 1.165) is 36.8 Å². The number of rotatable bonds is 34. The molecular formula is C84H100OS. The smallest absolute Gasteiger partial charge is 0.136 e. The molecule has 2 heterocycles. The summed E-state index contributed by atoms with van der Waals surface area (Å²) in [6, 6.07) is 57.3. The molecule has 0 N–H and O–H groups in total. The molecule has 0 saturated heterocycles. The van der Waals surface area contributed by atoms with Crippen molar-refractivity contribution in [3.63, 3.8) is 0 Å². The number of thiophene rings is 1. The lowest BCUT2D eigenvalue weighted by atomic mass is 9.84. The van der Waals surface area contributed by atoms with E-state index in [0.29, 0.717) is 0 Å². The van der Waals surface area contributed by atoms with E-state index in [2.05, 4.69) is 199 Å². The predicted molar refractivity (Wildman–Crippen MR) is 382 cm³/mol. The number of hydrogen-bond acceptors (Lipinski definition) is 2. The van der Waals surface area contributed by atoms with Crippen molar-refractivity contribution in [1.29, 1.82) is 0 Å². The molecule has 1 nitrogen and oxygen atoms in total. The number of benzene rings is 8. The van der Waals surface area contributed by atoms with E-state index in [9.17, 15) is 0 Å². The van der Waals surface area contributed by atoms with Crippen LogP contribution in [0.1, 0.15) is 226 Å². The predicted octanol–water partition coefficient (Wildman–Crippen LogP) is 27.0. The SMILES string of the molecule is CCCCCCCCc1cc(-c2cc(-c3ccc4sc5cc6oc7ccccc7c6cc5c4c3)cc(-c3cc(CCCCCCCC)c(-c4ccc(/C=C/c5ccc(C)cc5)cc4)cc3CCCCCCCC)c2)c(CCCCCCCC)cc1C. The first-order valence-electron chi connectivity index (χ1n) is 34.4. The molecule has 2 heteroatoms. The molecule has 0 saturated carbocycles. The van der Waals surface area contributed by atoms with Crippen LogP contribution in [-0.4, -0.2) is 0 Å². The third kappa shape index (κ3) is 16.4. The highest BCUT2D eigenvalue weighted by atomic mass is 32.1. The van der Waals surface area contributed by atoms with Gasteiger partial charge in [-0.15, -0.1) is 11.3 Å². The highest BCUT2D eigenvalue weighted by molar-refractivity contribution is 7.25. The van der Waals surface area contributed by atoms with Gasteiger partial charge in [-0.3, -0.25) is 0 Å². The van der Waals surface area contributed by atoms with Crippen LogP contribution in [0, 0.1) is 13.8 Å². The number of hydrogen-bond donors (Lipinski definition) is 0. The van der Waals surface area contributed by atoms with Gasteiger partial charge in [-0.2, -0.15) is 0 Å². The normalized spacial score (nSPS) is 11.9. The molecule has 0 unspecified atom stereocenters. The van der Waals surface area contributed by atoms with Crippen LogP contribution in [-0.2, 0) is 25.7 Å². The van der Waals surface area contributed by atoms with Gasteiger partial charge in [0.15, 0.2) is 0 Å². The Bertz CT molecular complexity index is 3780. The zero-order valence-electron chi connectivity index (χ0n) is 53.6. The maximum absolute atomic E-state index is 6.45. The van der Waals surface area contributed by atoms with Crippen molar-refractivity contribution >= 4 is 65.6 Å². The van der Waals surface area contributed by atoms with Gasteiger partial charge in [0.25, 0.3) is 0 Å². The molecule has 0 aliphatic carbocycles. The monoisotopic (exact) mass is 1160 g/mol. The van der Waals surface area contributed by atoms with E-state index in [1.165, 1.54) is 274 Å². The summed E-state index contributed by atoms with van der Waals surface area (Å²) in [4.78, 5) is 0. The first-order valence-corrected chi connectivity index (χ1v) is 35.2. The third-order valence-electron chi connectivity index (χ3n) is 18.7. The molecule has 86 heavy (non-hydrogen) atoms. The number of unbranched alkanes of at least 4 members (excludes halogenated alkanes) is 20. The fourth-order valence-electron chi connectivity index (χ4n) is 13.5. The average molecular weight is 1160 g/mol. The Kier molecular flexibility index (Phi) is 23.2. The minimum atomic E-state index is 0.954. The lowest BCUT2D eigenvalue weighted by Gasteiger charge is -2.21. The fraction of sp³-hybridized carbons (Fsp3) is 0.405. The summed E-state index contributed by atoms with van der Waals surface area (Å²) in [5, 5.41) is 5.02. The summed E-state index contributed by atoms with van der Waals surface area (Å²) >= 11 is 1.89. The van der Waals surface area contributed by atoms with E-state index in [1.807, 2.05) is 11.3 Å². The van der Waals surface area contributed by atoms with Crippen molar-refractivity contribution in [2.45, 2.75) is 221 Å². The zero-order valence-corrected chi connectivity index (χ0v) is 54.4. The van der Waals surface area contributed by atoms with Crippen LogP contribution in [0.3, 0.4) is 0 Å². The molecule has 0 bridgehead atoms. The van der Waals surface area contributed by atoms with Gasteiger partial charge >= 0.3 is 0 Å². The Morgan fingerprint density at radius 1 is 0.314 bits per heavy atom. The van der Waals surface area contributed by atoms with Gasteiger partial charge in [-0.1, -0.05) is 271 Å². The van der Waals surface area contributed by atoms with Crippen LogP contribution in [0.5, 0.6) is 0 Å². The summed E-state index contributed by atoms with van der Waals surface area (Å²) in [5.74, 6) is 0. The topological polar surface area (TPSA) is 13.1 Å². The quantitative estimate of drug-likeness (QED) is 0.0289. The van der Waals surface area contributed by atoms with Gasteiger partial charge < -0.3 is 4.42 Å². The van der Waals surface area contributed by atoms with Gasteiger partial charge in [0.1, 0.15) is 11.2 Å². The lowest BCUT2D eigenvalue weighted by Crippen LogP contribution is -2.00. The van der Waals surface area contributed by atoms with Crippen molar-refractivity contribution in [3.8, 4) is 44.5 Å². The Balaban J connectivity index is 1.14. The minimum Gasteiger partial charge on any atom is -0.456 e. The van der Waals surface area contributed by atoms with E-state index in [-0.39, 0.29) is 0 Å². The van der Waals surface area contributed by atoms with Gasteiger partial charge in [-0.25, -0.2) is 0 Å². The highest BCUT2D eigenvalue weighted by Gasteiger charge is 2.20. The number of aryl methyl sites for hydroxylation is 6. The van der Waals surface area contributed by atoms with Gasteiger partial charge in [-0.05, 0) is 197 Å². The van der Waals surface area contributed by atoms with Crippen molar-refractivity contribution in [3.05, 3.63) is 190 Å². The van der Waals surface area contributed by atoms with Crippen LogP contribution in [0.15, 0.2) is 150 Å². The van der Waals surface area contributed by atoms with Crippen molar-refractivity contribution in [1.82, 2.24) is 0 Å². The van der Waals surface area contributed by atoms with E-state index >= 15 is 0 Å². The van der Waals surface area contributed by atoms with Crippen molar-refractivity contribution < 1.29 is 4.42 Å². The molecule has 0 aliphatic heterocycles. The summed E-state index contributed by atoms with van der Waals surface area (Å²) < 4.78 is 9.05. The summed E-state index contributed by atoms with van der Waals surface area (Å²) in [6.07, 6.45) is 40.1. The Hall–Kier alpha value is -6.48. The molecule has 0 aliphatic rings. The average Bonchev–Trinajstić information content (AvgIpc) is 2.26. The van der Waals surface area contributed by atoms with Crippen LogP contribution >= 0.6 is 11.3 Å². The van der Waals surface area contributed by atoms with Gasteiger partial charge in [0, 0.05) is 30.9 Å². The Labute approximate surface area is 522 Å². The third-order valence-corrected chi connectivity index (χ3v) is 19.8. The summed E-state index contributed by atoms with van der Waals surface area (Å²) in [5.41, 5.74) is 24.1. The number of furan rings is 1. The number of para-hydroxylation sites is 1. The van der Waals surface area contributed by atoms with Gasteiger partial charge in [0.2, 0.25) is 0 Å². The second-order valence-electron chi connectivity index (χ2n) is 25.6. The Morgan fingerprint density at radius 2 is 0.756 bits per heavy atom. The molecule has 0 spiro atoms. The molecule has 448 valence electrons. The summed E-state index contributed by atoms with van der Waals surface area (Å²) in [7, 11) is 0. The molecule has 0 amide bonds. The molecule has 0 fully saturated rings. The molecule has 2 aromatic heterocycles. The van der Waals surface area contributed by atoms with Crippen LogP contribution < -0.4 is 0 Å². The Morgan fingerprint density at radius 3 is 1.31 bits per heavy atom. The minimum absolute atomic E-state index is 0.954. The first-order chi connectivity index (χ1) is 42.3. The van der Waals surface area contributed by atoms with E-state index in [4.69, 9.17) is 4.42 Å². The van der Waals surface area contributed by atoms with Gasteiger partial charge in [0.05, 0.1) is 0 Å². The highest BCUT2D eigenvalue weighted by Crippen LogP contribution is 2.44. The molecule has 8 aromatic carbocycles. The van der Waals surface area contributed by atoms with E-state index < -0.39 is 0 Å².